The molecular weight excluding hydrogens is 172 g/mol. The third kappa shape index (κ3) is 2.14. The van der Waals surface area contributed by atoms with E-state index in [4.69, 9.17) is 0 Å². The van der Waals surface area contributed by atoms with E-state index in [0.717, 1.165) is 0 Å². The van der Waals surface area contributed by atoms with Crippen LogP contribution in [0, 0.1) is 5.92 Å². The standard InChI is InChI=1S/C9H12O4/c1-2-13-9(12)6-4-3-5-7(10)8(6)11/h6H,2-5H2,1H3. The van der Waals surface area contributed by atoms with E-state index >= 15 is 0 Å². The monoisotopic (exact) mass is 184 g/mol. The van der Waals surface area contributed by atoms with Gasteiger partial charge in [-0.25, -0.2) is 0 Å². The van der Waals surface area contributed by atoms with E-state index in [-0.39, 0.29) is 13.0 Å². The quantitative estimate of drug-likeness (QED) is 0.356. The first-order valence-corrected chi connectivity index (χ1v) is 4.40. The third-order valence-corrected chi connectivity index (χ3v) is 2.06. The van der Waals surface area contributed by atoms with Gasteiger partial charge in [-0.15, -0.1) is 0 Å². The van der Waals surface area contributed by atoms with E-state index in [9.17, 15) is 14.4 Å². The maximum absolute atomic E-state index is 11.2. The van der Waals surface area contributed by atoms with Crippen molar-refractivity contribution in [3.05, 3.63) is 0 Å². The summed E-state index contributed by atoms with van der Waals surface area (Å²) in [6.45, 7) is 1.92. The average molecular weight is 184 g/mol. The van der Waals surface area contributed by atoms with Gasteiger partial charge in [0.15, 0.2) is 5.78 Å². The highest BCUT2D eigenvalue weighted by atomic mass is 16.5. The molecule has 0 aromatic carbocycles. The molecule has 1 aliphatic rings. The number of Topliss-reactive ketones (excluding diaryl/α,β-unsaturated/α-hetero) is 2. The minimum Gasteiger partial charge on any atom is -0.465 e. The third-order valence-electron chi connectivity index (χ3n) is 2.06. The van der Waals surface area contributed by atoms with Gasteiger partial charge in [0.2, 0.25) is 5.78 Å². The molecule has 1 aliphatic carbocycles. The molecule has 1 saturated carbocycles. The summed E-state index contributed by atoms with van der Waals surface area (Å²) >= 11 is 0. The Hall–Kier alpha value is -1.19. The fourth-order valence-corrected chi connectivity index (χ4v) is 1.38. The van der Waals surface area contributed by atoms with Crippen LogP contribution >= 0.6 is 0 Å². The highest BCUT2D eigenvalue weighted by Gasteiger charge is 2.35. The first-order valence-electron chi connectivity index (χ1n) is 4.40. The number of hydrogen-bond acceptors (Lipinski definition) is 4. The minimum absolute atomic E-state index is 0.247. The minimum atomic E-state index is -0.832. The van der Waals surface area contributed by atoms with Gasteiger partial charge in [0.1, 0.15) is 5.92 Å². The van der Waals surface area contributed by atoms with Crippen LogP contribution in [0.1, 0.15) is 26.2 Å². The molecule has 1 unspecified atom stereocenters. The largest absolute Gasteiger partial charge is 0.465 e. The number of carbonyl (C=O) groups is 3. The van der Waals surface area contributed by atoms with E-state index in [1.54, 1.807) is 6.92 Å². The van der Waals surface area contributed by atoms with Crippen LogP contribution in [-0.2, 0) is 19.1 Å². The molecule has 0 bridgehead atoms. The van der Waals surface area contributed by atoms with Crippen LogP contribution in [0.15, 0.2) is 0 Å². The van der Waals surface area contributed by atoms with Gasteiger partial charge in [-0.05, 0) is 19.8 Å². The van der Waals surface area contributed by atoms with Crippen molar-refractivity contribution in [2.45, 2.75) is 26.2 Å². The maximum Gasteiger partial charge on any atom is 0.316 e. The lowest BCUT2D eigenvalue weighted by Crippen LogP contribution is -2.35. The summed E-state index contributed by atoms with van der Waals surface area (Å²) in [4.78, 5) is 33.3. The molecule has 0 spiro atoms. The van der Waals surface area contributed by atoms with Crippen LogP contribution in [0.5, 0.6) is 0 Å². The number of esters is 1. The molecule has 1 fully saturated rings. The molecule has 0 aromatic heterocycles. The van der Waals surface area contributed by atoms with Gasteiger partial charge in [-0.2, -0.15) is 0 Å². The Labute approximate surface area is 76.3 Å². The summed E-state index contributed by atoms with van der Waals surface area (Å²) < 4.78 is 4.69. The predicted octanol–water partition coefficient (Wildman–Crippen LogP) is 0.488. The topological polar surface area (TPSA) is 60.4 Å². The van der Waals surface area contributed by atoms with Gasteiger partial charge >= 0.3 is 5.97 Å². The zero-order valence-corrected chi connectivity index (χ0v) is 7.54. The molecule has 0 aliphatic heterocycles. The van der Waals surface area contributed by atoms with Crippen molar-refractivity contribution in [2.75, 3.05) is 6.61 Å². The van der Waals surface area contributed by atoms with E-state index in [0.29, 0.717) is 12.8 Å². The first kappa shape index (κ1) is 9.89. The van der Waals surface area contributed by atoms with E-state index in [1.165, 1.54) is 0 Å². The van der Waals surface area contributed by atoms with Crippen molar-refractivity contribution >= 4 is 17.5 Å². The number of rotatable bonds is 2. The number of carbonyl (C=O) groups excluding carboxylic acids is 3. The van der Waals surface area contributed by atoms with Crippen LogP contribution in [-0.4, -0.2) is 24.1 Å². The van der Waals surface area contributed by atoms with Crippen molar-refractivity contribution in [1.82, 2.24) is 0 Å². The summed E-state index contributed by atoms with van der Waals surface area (Å²) in [5, 5.41) is 0. The molecule has 0 saturated heterocycles. The van der Waals surface area contributed by atoms with E-state index < -0.39 is 23.5 Å². The van der Waals surface area contributed by atoms with Gasteiger partial charge in [0.05, 0.1) is 6.61 Å². The van der Waals surface area contributed by atoms with Crippen molar-refractivity contribution in [2.24, 2.45) is 5.92 Å². The molecule has 72 valence electrons. The molecule has 4 heteroatoms. The summed E-state index contributed by atoms with van der Waals surface area (Å²) in [5.74, 6) is -2.41. The Kier molecular flexibility index (Phi) is 3.17. The van der Waals surface area contributed by atoms with Crippen LogP contribution in [0.4, 0.5) is 0 Å². The fraction of sp³-hybridized carbons (Fsp3) is 0.667. The lowest BCUT2D eigenvalue weighted by molar-refractivity contribution is -0.156. The molecule has 1 atom stereocenters. The van der Waals surface area contributed by atoms with Gasteiger partial charge in [0, 0.05) is 6.42 Å². The van der Waals surface area contributed by atoms with Crippen molar-refractivity contribution in [1.29, 1.82) is 0 Å². The lowest BCUT2D eigenvalue weighted by atomic mass is 9.87. The molecule has 0 heterocycles. The van der Waals surface area contributed by atoms with Crippen molar-refractivity contribution < 1.29 is 19.1 Å². The molecule has 0 N–H and O–H groups in total. The highest BCUT2D eigenvalue weighted by Crippen LogP contribution is 2.19. The van der Waals surface area contributed by atoms with E-state index in [1.807, 2.05) is 0 Å². The number of ketones is 2. The van der Waals surface area contributed by atoms with E-state index in [2.05, 4.69) is 4.74 Å². The zero-order chi connectivity index (χ0) is 9.84. The SMILES string of the molecule is CCOC(=O)C1CCCC(=O)C1=O. The second-order valence-corrected chi connectivity index (χ2v) is 2.98. The molecule has 13 heavy (non-hydrogen) atoms. The smallest absolute Gasteiger partial charge is 0.316 e. The van der Waals surface area contributed by atoms with Crippen LogP contribution < -0.4 is 0 Å². The number of hydrogen-bond donors (Lipinski definition) is 0. The van der Waals surface area contributed by atoms with Crippen molar-refractivity contribution in [3.8, 4) is 0 Å². The van der Waals surface area contributed by atoms with Gasteiger partial charge in [0.25, 0.3) is 0 Å². The average Bonchev–Trinajstić information content (AvgIpc) is 2.10. The molecule has 4 nitrogen and oxygen atoms in total. The summed E-state index contributed by atoms with van der Waals surface area (Å²) in [6.07, 6.45) is 1.33. The van der Waals surface area contributed by atoms with Gasteiger partial charge in [-0.1, -0.05) is 0 Å². The zero-order valence-electron chi connectivity index (χ0n) is 7.54. The normalized spacial score (nSPS) is 23.0. The van der Waals surface area contributed by atoms with Gasteiger partial charge in [-0.3, -0.25) is 14.4 Å². The second-order valence-electron chi connectivity index (χ2n) is 2.98. The molecule has 1 rings (SSSR count). The first-order chi connectivity index (χ1) is 6.16. The van der Waals surface area contributed by atoms with Crippen LogP contribution in [0.3, 0.4) is 0 Å². The fourth-order valence-electron chi connectivity index (χ4n) is 1.38. The summed E-state index contributed by atoms with van der Waals surface area (Å²) in [6, 6.07) is 0. The Morgan fingerprint density at radius 1 is 1.54 bits per heavy atom. The Bertz CT molecular complexity index is 244. The van der Waals surface area contributed by atoms with Crippen LogP contribution in [0.25, 0.3) is 0 Å². The maximum atomic E-state index is 11.2. The Morgan fingerprint density at radius 2 is 2.23 bits per heavy atom. The Balaban J connectivity index is 2.63. The van der Waals surface area contributed by atoms with Crippen molar-refractivity contribution in [3.63, 3.8) is 0 Å². The predicted molar refractivity (Wildman–Crippen MR) is 44.0 cm³/mol. The Morgan fingerprint density at radius 3 is 2.85 bits per heavy atom. The number of ether oxygens (including phenoxy) is 1. The highest BCUT2D eigenvalue weighted by molar-refractivity contribution is 6.41. The van der Waals surface area contributed by atoms with Gasteiger partial charge < -0.3 is 4.74 Å². The molecule has 0 radical (unpaired) electrons. The molecule has 0 aromatic rings. The lowest BCUT2D eigenvalue weighted by Gasteiger charge is -2.17. The molecular formula is C9H12O4. The molecule has 0 amide bonds. The summed E-state index contributed by atoms with van der Waals surface area (Å²) in [7, 11) is 0. The second kappa shape index (κ2) is 4.16. The van der Waals surface area contributed by atoms with Crippen LogP contribution in [0.2, 0.25) is 0 Å². The summed E-state index contributed by atoms with van der Waals surface area (Å²) in [5.41, 5.74) is 0.